The molecule has 0 spiro atoms. The fraction of sp³-hybridized carbons (Fsp3) is 0.417. The van der Waals surface area contributed by atoms with Gasteiger partial charge in [-0.05, 0) is 37.3 Å². The zero-order valence-corrected chi connectivity index (χ0v) is 19.5. The molecule has 9 nitrogen and oxygen atoms in total. The third kappa shape index (κ3) is 3.08. The first-order chi connectivity index (χ1) is 16.7. The van der Waals surface area contributed by atoms with E-state index in [1.807, 2.05) is 12.1 Å². The van der Waals surface area contributed by atoms with Crippen molar-refractivity contribution in [1.82, 2.24) is 25.1 Å². The SMILES string of the molecule is COc1cc2[nH]ncc2cc1Nc1ncnc2sc3c(c12)CC[C@H](C(=O)N1CC2CC1CO2)C3. The van der Waals surface area contributed by atoms with Crippen molar-refractivity contribution in [2.45, 2.75) is 37.8 Å². The lowest BCUT2D eigenvalue weighted by atomic mass is 9.86. The minimum absolute atomic E-state index is 0.0351. The molecule has 1 aromatic carbocycles. The second-order valence-corrected chi connectivity index (χ2v) is 10.4. The molecular weight excluding hydrogens is 452 g/mol. The largest absolute Gasteiger partial charge is 0.494 e. The quantitative estimate of drug-likeness (QED) is 0.465. The van der Waals surface area contributed by atoms with Crippen LogP contribution >= 0.6 is 11.3 Å². The van der Waals surface area contributed by atoms with E-state index in [0.29, 0.717) is 18.3 Å². The lowest BCUT2D eigenvalue weighted by Crippen LogP contribution is -2.45. The van der Waals surface area contributed by atoms with Gasteiger partial charge in [-0.15, -0.1) is 11.3 Å². The Morgan fingerprint density at radius 2 is 2.29 bits per heavy atom. The Bertz CT molecular complexity index is 1430. The van der Waals surface area contributed by atoms with Gasteiger partial charge in [0.15, 0.2) is 0 Å². The first kappa shape index (κ1) is 20.2. The van der Waals surface area contributed by atoms with Crippen molar-refractivity contribution >= 4 is 49.9 Å². The van der Waals surface area contributed by atoms with E-state index in [9.17, 15) is 4.79 Å². The second-order valence-electron chi connectivity index (χ2n) is 9.32. The molecule has 3 aliphatic rings. The van der Waals surface area contributed by atoms with Gasteiger partial charge in [0.1, 0.15) is 22.7 Å². The van der Waals surface area contributed by atoms with Gasteiger partial charge in [-0.25, -0.2) is 9.97 Å². The molecule has 1 aliphatic carbocycles. The topological polar surface area (TPSA) is 105 Å². The molecule has 4 aromatic rings. The number of aryl methyl sites for hydroxylation is 1. The van der Waals surface area contributed by atoms with Crippen LogP contribution in [0.5, 0.6) is 5.75 Å². The van der Waals surface area contributed by atoms with Gasteiger partial charge in [-0.1, -0.05) is 0 Å². The number of anilines is 2. The van der Waals surface area contributed by atoms with E-state index in [-0.39, 0.29) is 18.1 Å². The van der Waals surface area contributed by atoms with Crippen LogP contribution in [0.2, 0.25) is 0 Å². The number of carbonyl (C=O) groups is 1. The highest BCUT2D eigenvalue weighted by molar-refractivity contribution is 7.19. The molecule has 2 N–H and O–H groups in total. The molecule has 0 saturated carbocycles. The highest BCUT2D eigenvalue weighted by Gasteiger charge is 2.43. The van der Waals surface area contributed by atoms with Crippen LogP contribution in [0, 0.1) is 5.92 Å². The molecule has 174 valence electrons. The lowest BCUT2D eigenvalue weighted by Gasteiger charge is -2.32. The number of fused-ring (bicyclic) bond motifs is 6. The van der Waals surface area contributed by atoms with Crippen LogP contribution in [0.3, 0.4) is 0 Å². The molecule has 3 aromatic heterocycles. The first-order valence-corrected chi connectivity index (χ1v) is 12.4. The second kappa shape index (κ2) is 7.64. The summed E-state index contributed by atoms with van der Waals surface area (Å²) in [5.74, 6) is 1.80. The van der Waals surface area contributed by atoms with Crippen molar-refractivity contribution in [3.05, 3.63) is 35.1 Å². The lowest BCUT2D eigenvalue weighted by molar-refractivity contribution is -0.140. The molecule has 2 fully saturated rings. The van der Waals surface area contributed by atoms with Crippen LogP contribution in [0.25, 0.3) is 21.1 Å². The predicted molar refractivity (Wildman–Crippen MR) is 129 cm³/mol. The smallest absolute Gasteiger partial charge is 0.226 e. The number of aromatic amines is 1. The number of morpholine rings is 1. The summed E-state index contributed by atoms with van der Waals surface area (Å²) in [5, 5.41) is 12.6. The summed E-state index contributed by atoms with van der Waals surface area (Å²) >= 11 is 1.68. The molecule has 2 unspecified atom stereocenters. The fourth-order valence-corrected chi connectivity index (χ4v) is 6.95. The summed E-state index contributed by atoms with van der Waals surface area (Å²) in [7, 11) is 1.65. The first-order valence-electron chi connectivity index (χ1n) is 11.6. The summed E-state index contributed by atoms with van der Waals surface area (Å²) in [6.45, 7) is 1.44. The molecule has 34 heavy (non-hydrogen) atoms. The number of rotatable bonds is 4. The normalized spacial score (nSPS) is 23.6. The minimum atomic E-state index is 0.0351. The number of benzene rings is 1. The molecule has 10 heteroatoms. The Morgan fingerprint density at radius 3 is 3.12 bits per heavy atom. The summed E-state index contributed by atoms with van der Waals surface area (Å²) in [6, 6.07) is 4.20. The zero-order chi connectivity index (χ0) is 22.8. The third-order valence-electron chi connectivity index (χ3n) is 7.39. The van der Waals surface area contributed by atoms with E-state index in [4.69, 9.17) is 9.47 Å². The number of methoxy groups -OCH3 is 1. The highest BCUT2D eigenvalue weighted by Crippen LogP contribution is 2.42. The number of H-pyrrole nitrogens is 1. The maximum atomic E-state index is 13.3. The van der Waals surface area contributed by atoms with E-state index in [0.717, 1.165) is 64.9 Å². The molecule has 5 heterocycles. The van der Waals surface area contributed by atoms with Crippen molar-refractivity contribution in [2.24, 2.45) is 5.92 Å². The summed E-state index contributed by atoms with van der Waals surface area (Å²) in [5.41, 5.74) is 3.00. The van der Waals surface area contributed by atoms with Crippen LogP contribution in [0.1, 0.15) is 23.3 Å². The highest BCUT2D eigenvalue weighted by atomic mass is 32.1. The monoisotopic (exact) mass is 476 g/mol. The van der Waals surface area contributed by atoms with Crippen molar-refractivity contribution in [1.29, 1.82) is 0 Å². The number of amides is 1. The van der Waals surface area contributed by atoms with Crippen molar-refractivity contribution in [3.63, 3.8) is 0 Å². The molecule has 7 rings (SSSR count). The van der Waals surface area contributed by atoms with Crippen molar-refractivity contribution in [2.75, 3.05) is 25.6 Å². The van der Waals surface area contributed by atoms with Crippen LogP contribution in [0.4, 0.5) is 11.5 Å². The molecule has 0 radical (unpaired) electrons. The average Bonchev–Trinajstić information content (AvgIpc) is 3.65. The molecule has 1 amide bonds. The molecule has 3 atom stereocenters. The summed E-state index contributed by atoms with van der Waals surface area (Å²) < 4.78 is 11.3. The standard InChI is InChI=1S/C24H24N6O3S/c1-32-19-7-17-13(8-27-29-17)4-18(19)28-22-21-16-3-2-12(5-20(16)34-23(21)26-11-25-22)24(31)30-9-15-6-14(30)10-33-15/h4,7-8,11-12,14-15H,2-3,5-6,9-10H2,1H3,(H,27,29)(H,25,26,28)/t12-,14?,15?/m0/s1. The number of likely N-dealkylation sites (tertiary alicyclic amines) is 1. The number of nitrogens with one attached hydrogen (secondary N) is 2. The molecule has 2 aliphatic heterocycles. The van der Waals surface area contributed by atoms with Gasteiger partial charge >= 0.3 is 0 Å². The minimum Gasteiger partial charge on any atom is -0.494 e. The summed E-state index contributed by atoms with van der Waals surface area (Å²) in [6.07, 6.45) is 7.09. The Morgan fingerprint density at radius 1 is 1.35 bits per heavy atom. The Balaban J connectivity index is 1.20. The Kier molecular flexibility index (Phi) is 4.53. The molecule has 2 saturated heterocycles. The number of thiophene rings is 1. The van der Waals surface area contributed by atoms with Gasteiger partial charge in [0.2, 0.25) is 5.91 Å². The van der Waals surface area contributed by atoms with E-state index >= 15 is 0 Å². The summed E-state index contributed by atoms with van der Waals surface area (Å²) in [4.78, 5) is 26.7. The predicted octanol–water partition coefficient (Wildman–Crippen LogP) is 3.42. The van der Waals surface area contributed by atoms with Crippen LogP contribution in [-0.2, 0) is 22.4 Å². The van der Waals surface area contributed by atoms with E-state index in [1.54, 1.807) is 31.0 Å². The van der Waals surface area contributed by atoms with Crippen molar-refractivity contribution in [3.8, 4) is 5.75 Å². The van der Waals surface area contributed by atoms with Crippen LogP contribution < -0.4 is 10.1 Å². The van der Waals surface area contributed by atoms with E-state index in [1.165, 1.54) is 10.4 Å². The number of carbonyl (C=O) groups excluding carboxylic acids is 1. The van der Waals surface area contributed by atoms with Gasteiger partial charge in [-0.2, -0.15) is 5.10 Å². The van der Waals surface area contributed by atoms with Crippen molar-refractivity contribution < 1.29 is 14.3 Å². The van der Waals surface area contributed by atoms with E-state index < -0.39 is 0 Å². The van der Waals surface area contributed by atoms with Gasteiger partial charge < -0.3 is 19.7 Å². The number of nitrogens with zero attached hydrogens (tertiary/aromatic N) is 4. The maximum Gasteiger partial charge on any atom is 0.226 e. The number of hydrogen-bond acceptors (Lipinski definition) is 8. The number of ether oxygens (including phenoxy) is 2. The Labute approximate surface area is 199 Å². The van der Waals surface area contributed by atoms with E-state index in [2.05, 4.69) is 30.4 Å². The van der Waals surface area contributed by atoms with Crippen LogP contribution in [0.15, 0.2) is 24.7 Å². The number of hydrogen-bond donors (Lipinski definition) is 2. The Hall–Kier alpha value is -3.24. The third-order valence-corrected chi connectivity index (χ3v) is 8.55. The van der Waals surface area contributed by atoms with Gasteiger partial charge in [-0.3, -0.25) is 9.89 Å². The zero-order valence-electron chi connectivity index (χ0n) is 18.7. The molecule has 2 bridgehead atoms. The van der Waals surface area contributed by atoms with Crippen LogP contribution in [-0.4, -0.2) is 63.4 Å². The number of aromatic nitrogens is 4. The average molecular weight is 477 g/mol. The van der Waals surface area contributed by atoms with Gasteiger partial charge in [0, 0.05) is 28.8 Å². The maximum absolute atomic E-state index is 13.3. The fourth-order valence-electron chi connectivity index (χ4n) is 5.69. The van der Waals surface area contributed by atoms with Gasteiger partial charge in [0.05, 0.1) is 48.6 Å². The molecular formula is C24H24N6O3S. The van der Waals surface area contributed by atoms with Gasteiger partial charge in [0.25, 0.3) is 0 Å².